The summed E-state index contributed by atoms with van der Waals surface area (Å²) in [6.07, 6.45) is 20.2. The highest BCUT2D eigenvalue weighted by molar-refractivity contribution is 4.49. The topological polar surface area (TPSA) is 2.70 Å². The predicted molar refractivity (Wildman–Crippen MR) is 88.1 cm³/mol. The van der Waals surface area contributed by atoms with Crippen molar-refractivity contribution in [2.24, 2.45) is 0 Å². The van der Waals surface area contributed by atoms with E-state index in [1.54, 1.807) is 0 Å². The standard InChI is InChI=1S/C18H39O/c1-4-5-6-7-8-9-10-11-12-13-14-15-16-17-18-19(2)3/h4-18H2,1-3H3/q+1. The fourth-order valence-corrected chi connectivity index (χ4v) is 2.59. The molecule has 0 aromatic carbocycles. The first-order chi connectivity index (χ1) is 9.27. The first-order valence-electron chi connectivity index (χ1n) is 8.81. The maximum atomic E-state index is 2.99. The maximum absolute atomic E-state index is 2.99. The Bertz CT molecular complexity index is 154. The van der Waals surface area contributed by atoms with E-state index < -0.39 is 0 Å². The number of unbranched alkanes of at least 4 members (excludes halogenated alkanes) is 13. The van der Waals surface area contributed by atoms with E-state index in [0.29, 0.717) is 0 Å². The van der Waals surface area contributed by atoms with Gasteiger partial charge in [0.1, 0.15) is 20.8 Å². The molecule has 1 heteroatoms. The SMILES string of the molecule is CCCCCCCCCCCCCCCC[O+](C)C. The molecule has 0 radical (unpaired) electrons. The zero-order chi connectivity index (χ0) is 14.2. The van der Waals surface area contributed by atoms with Crippen molar-refractivity contribution in [1.82, 2.24) is 0 Å². The number of rotatable bonds is 15. The summed E-state index contributed by atoms with van der Waals surface area (Å²) in [6.45, 7) is 3.47. The molecular weight excluding hydrogens is 232 g/mol. The van der Waals surface area contributed by atoms with Crippen LogP contribution >= 0.6 is 0 Å². The normalized spacial score (nSPS) is 11.4. The smallest absolute Gasteiger partial charge is 0.145 e. The summed E-state index contributed by atoms with van der Waals surface area (Å²) in [5.41, 5.74) is 0. The zero-order valence-electron chi connectivity index (χ0n) is 14.0. The van der Waals surface area contributed by atoms with Gasteiger partial charge < -0.3 is 4.37 Å². The molecule has 0 amide bonds. The molecule has 0 aliphatic heterocycles. The van der Waals surface area contributed by atoms with Crippen LogP contribution in [0, 0.1) is 0 Å². The quantitative estimate of drug-likeness (QED) is 0.243. The van der Waals surface area contributed by atoms with Crippen molar-refractivity contribution < 1.29 is 4.37 Å². The minimum absolute atomic E-state index is 1.18. The van der Waals surface area contributed by atoms with Gasteiger partial charge in [0.05, 0.1) is 0 Å². The lowest BCUT2D eigenvalue weighted by atomic mass is 10.0. The van der Waals surface area contributed by atoms with Crippen molar-refractivity contribution in [3.8, 4) is 0 Å². The molecule has 0 unspecified atom stereocenters. The van der Waals surface area contributed by atoms with E-state index in [0.717, 1.165) is 0 Å². The van der Waals surface area contributed by atoms with Gasteiger partial charge in [-0.05, 0) is 6.42 Å². The van der Waals surface area contributed by atoms with Crippen LogP contribution in [0.2, 0.25) is 0 Å². The summed E-state index contributed by atoms with van der Waals surface area (Å²) in [5.74, 6) is 0. The summed E-state index contributed by atoms with van der Waals surface area (Å²) in [5, 5.41) is 0. The van der Waals surface area contributed by atoms with Gasteiger partial charge >= 0.3 is 0 Å². The van der Waals surface area contributed by atoms with E-state index in [1.165, 1.54) is 96.5 Å². The minimum atomic E-state index is 1.18. The van der Waals surface area contributed by atoms with Crippen molar-refractivity contribution in [1.29, 1.82) is 0 Å². The Balaban J connectivity index is 2.91. The third-order valence-corrected chi connectivity index (χ3v) is 3.91. The molecule has 0 aliphatic carbocycles. The maximum Gasteiger partial charge on any atom is 0.145 e. The molecule has 0 N–H and O–H groups in total. The van der Waals surface area contributed by atoms with Crippen molar-refractivity contribution >= 4 is 0 Å². The van der Waals surface area contributed by atoms with Crippen LogP contribution in [0.15, 0.2) is 0 Å². The number of hydrogen-bond donors (Lipinski definition) is 0. The van der Waals surface area contributed by atoms with Gasteiger partial charge in [-0.2, -0.15) is 0 Å². The summed E-state index contributed by atoms with van der Waals surface area (Å²) >= 11 is 0. The van der Waals surface area contributed by atoms with Gasteiger partial charge in [0.15, 0.2) is 0 Å². The van der Waals surface area contributed by atoms with Gasteiger partial charge in [-0.15, -0.1) is 0 Å². The van der Waals surface area contributed by atoms with Gasteiger partial charge in [0.25, 0.3) is 0 Å². The lowest BCUT2D eigenvalue weighted by molar-refractivity contribution is -0.0557. The van der Waals surface area contributed by atoms with Gasteiger partial charge in [-0.1, -0.05) is 84.0 Å². The third-order valence-electron chi connectivity index (χ3n) is 3.91. The zero-order valence-corrected chi connectivity index (χ0v) is 14.0. The fourth-order valence-electron chi connectivity index (χ4n) is 2.59. The molecule has 1 nitrogen and oxygen atoms in total. The summed E-state index contributed by atoms with van der Waals surface area (Å²) in [6, 6.07) is 0. The van der Waals surface area contributed by atoms with E-state index in [9.17, 15) is 0 Å². The molecular formula is C18H39O+. The van der Waals surface area contributed by atoms with E-state index in [-0.39, 0.29) is 0 Å². The predicted octanol–water partition coefficient (Wildman–Crippen LogP) is 6.28. The van der Waals surface area contributed by atoms with Crippen LogP contribution in [0.1, 0.15) is 96.8 Å². The Morgan fingerprint density at radius 3 is 1.11 bits per heavy atom. The summed E-state index contributed by atoms with van der Waals surface area (Å²) in [7, 11) is 4.17. The van der Waals surface area contributed by atoms with Crippen molar-refractivity contribution in [2.45, 2.75) is 96.8 Å². The van der Waals surface area contributed by atoms with Crippen molar-refractivity contribution in [2.75, 3.05) is 20.8 Å². The Hall–Kier alpha value is -0.0400. The summed E-state index contributed by atoms with van der Waals surface area (Å²) in [4.78, 5) is 0. The highest BCUT2D eigenvalue weighted by Gasteiger charge is 1.96. The molecule has 0 aromatic heterocycles. The molecule has 0 aromatic rings. The van der Waals surface area contributed by atoms with Crippen LogP contribution in [-0.4, -0.2) is 20.8 Å². The number of hydrogen-bond acceptors (Lipinski definition) is 0. The van der Waals surface area contributed by atoms with E-state index >= 15 is 0 Å². The Kier molecular flexibility index (Phi) is 16.0. The lowest BCUT2D eigenvalue weighted by Crippen LogP contribution is -2.03. The van der Waals surface area contributed by atoms with Crippen LogP contribution in [0.25, 0.3) is 0 Å². The van der Waals surface area contributed by atoms with Gasteiger partial charge in [-0.25, -0.2) is 0 Å². The minimum Gasteiger partial charge on any atom is -0.426 e. The molecule has 0 aliphatic rings. The van der Waals surface area contributed by atoms with Crippen LogP contribution < -0.4 is 0 Å². The second-order valence-electron chi connectivity index (χ2n) is 6.29. The molecule has 0 bridgehead atoms. The molecule has 0 heterocycles. The molecule has 0 rings (SSSR count). The largest absolute Gasteiger partial charge is 0.426 e. The lowest BCUT2D eigenvalue weighted by Gasteiger charge is -2.06. The van der Waals surface area contributed by atoms with Gasteiger partial charge in [-0.3, -0.25) is 0 Å². The van der Waals surface area contributed by atoms with Crippen molar-refractivity contribution in [3.63, 3.8) is 0 Å². The molecule has 0 spiro atoms. The monoisotopic (exact) mass is 271 g/mol. The molecule has 0 saturated heterocycles. The van der Waals surface area contributed by atoms with E-state index in [4.69, 9.17) is 0 Å². The fraction of sp³-hybridized carbons (Fsp3) is 1.00. The average molecular weight is 272 g/mol. The van der Waals surface area contributed by atoms with E-state index in [1.807, 2.05) is 0 Å². The van der Waals surface area contributed by atoms with Crippen LogP contribution in [-0.2, 0) is 4.37 Å². The highest BCUT2D eigenvalue weighted by Crippen LogP contribution is 2.12. The van der Waals surface area contributed by atoms with Crippen LogP contribution in [0.3, 0.4) is 0 Å². The Morgan fingerprint density at radius 1 is 0.474 bits per heavy atom. The highest BCUT2D eigenvalue weighted by atomic mass is 16.7. The second-order valence-corrected chi connectivity index (χ2v) is 6.29. The Labute approximate surface area is 122 Å². The molecule has 116 valence electrons. The molecule has 0 atom stereocenters. The first kappa shape index (κ1) is 19.0. The third kappa shape index (κ3) is 18.0. The summed E-state index contributed by atoms with van der Waals surface area (Å²) < 4.78 is 2.99. The first-order valence-corrected chi connectivity index (χ1v) is 8.81. The van der Waals surface area contributed by atoms with Gasteiger partial charge in [0, 0.05) is 6.42 Å². The second kappa shape index (κ2) is 16.0. The van der Waals surface area contributed by atoms with Crippen LogP contribution in [0.5, 0.6) is 0 Å². The Morgan fingerprint density at radius 2 is 0.789 bits per heavy atom. The molecule has 0 fully saturated rings. The van der Waals surface area contributed by atoms with Gasteiger partial charge in [0.2, 0.25) is 0 Å². The van der Waals surface area contributed by atoms with Crippen LogP contribution in [0.4, 0.5) is 0 Å². The average Bonchev–Trinajstić information content (AvgIpc) is 2.39. The van der Waals surface area contributed by atoms with E-state index in [2.05, 4.69) is 25.5 Å². The molecule has 0 saturated carbocycles. The van der Waals surface area contributed by atoms with Crippen molar-refractivity contribution in [3.05, 3.63) is 0 Å². The molecule has 19 heavy (non-hydrogen) atoms.